The second-order valence-electron chi connectivity index (χ2n) is 3.06. The fourth-order valence-corrected chi connectivity index (χ4v) is 1.64. The van der Waals surface area contributed by atoms with Crippen LogP contribution in [-0.4, -0.2) is 21.1 Å². The number of nitrogens with zero attached hydrogens (tertiary/aromatic N) is 3. The van der Waals surface area contributed by atoms with Gasteiger partial charge in [0.15, 0.2) is 12.3 Å². The fourth-order valence-electron chi connectivity index (χ4n) is 1.06. The average molecular weight is 239 g/mol. The van der Waals surface area contributed by atoms with Crippen LogP contribution in [0, 0.1) is 13.8 Å². The van der Waals surface area contributed by atoms with Gasteiger partial charge in [0.1, 0.15) is 0 Å². The third-order valence-electron chi connectivity index (χ3n) is 1.73. The van der Waals surface area contributed by atoms with Crippen LogP contribution in [-0.2, 0) is 11.3 Å². The number of aromatic nitrogens is 3. The number of ether oxygens (including phenoxy) is 1. The van der Waals surface area contributed by atoms with Crippen molar-refractivity contribution in [2.45, 2.75) is 20.5 Å². The van der Waals surface area contributed by atoms with Crippen molar-refractivity contribution in [1.29, 1.82) is 0 Å². The third kappa shape index (κ3) is 2.43. The van der Waals surface area contributed by atoms with E-state index < -0.39 is 5.97 Å². The lowest BCUT2D eigenvalue weighted by Crippen LogP contribution is -2.06. The Morgan fingerprint density at radius 2 is 2.31 bits per heavy atom. The minimum Gasteiger partial charge on any atom is -0.453 e. The van der Waals surface area contributed by atoms with Gasteiger partial charge in [-0.15, -0.1) is 11.3 Å². The highest BCUT2D eigenvalue weighted by atomic mass is 32.1. The number of thiazole rings is 1. The number of hydrogen-bond donors (Lipinski definition) is 0. The summed E-state index contributed by atoms with van der Waals surface area (Å²) >= 11 is 1.40. The maximum absolute atomic E-state index is 11.5. The molecule has 0 fully saturated rings. The molecule has 0 bridgehead atoms. The molecule has 6 nitrogen and oxygen atoms in total. The Hall–Kier alpha value is -1.76. The van der Waals surface area contributed by atoms with Gasteiger partial charge in [-0.25, -0.2) is 9.78 Å². The van der Waals surface area contributed by atoms with Crippen molar-refractivity contribution in [3.63, 3.8) is 0 Å². The number of aryl methyl sites for hydroxylation is 2. The first kappa shape index (κ1) is 10.7. The van der Waals surface area contributed by atoms with Gasteiger partial charge >= 0.3 is 5.97 Å². The van der Waals surface area contributed by atoms with E-state index in [1.54, 1.807) is 12.3 Å². The minimum absolute atomic E-state index is 0.00719. The summed E-state index contributed by atoms with van der Waals surface area (Å²) in [4.78, 5) is 19.4. The van der Waals surface area contributed by atoms with Crippen molar-refractivity contribution in [3.05, 3.63) is 27.8 Å². The summed E-state index contributed by atoms with van der Waals surface area (Å²) in [5.41, 5.74) is 0.308. The molecule has 2 aromatic rings. The zero-order valence-electron chi connectivity index (χ0n) is 8.76. The van der Waals surface area contributed by atoms with Crippen molar-refractivity contribution >= 4 is 17.3 Å². The maximum atomic E-state index is 11.5. The molecule has 16 heavy (non-hydrogen) atoms. The Bertz CT molecular complexity index is 506. The first-order valence-corrected chi connectivity index (χ1v) is 5.41. The summed E-state index contributed by atoms with van der Waals surface area (Å²) < 4.78 is 9.70. The molecule has 0 N–H and O–H groups in total. The second kappa shape index (κ2) is 4.40. The number of carbonyl (C=O) groups is 1. The lowest BCUT2D eigenvalue weighted by molar-refractivity contribution is 0.0453. The largest absolute Gasteiger partial charge is 0.453 e. The van der Waals surface area contributed by atoms with E-state index in [1.807, 2.05) is 6.92 Å². The van der Waals surface area contributed by atoms with Crippen LogP contribution in [0.5, 0.6) is 0 Å². The van der Waals surface area contributed by atoms with Gasteiger partial charge in [0.25, 0.3) is 0 Å². The van der Waals surface area contributed by atoms with Crippen LogP contribution in [0.15, 0.2) is 9.90 Å². The molecule has 0 aliphatic carbocycles. The lowest BCUT2D eigenvalue weighted by Gasteiger charge is -1.97. The number of carbonyl (C=O) groups excluding carboxylic acids is 1. The SMILES string of the molecule is Cc1nc(COC(=O)c2csc(C)n2)no1. The highest BCUT2D eigenvalue weighted by molar-refractivity contribution is 7.09. The summed E-state index contributed by atoms with van der Waals surface area (Å²) in [5.74, 6) is 0.306. The zero-order valence-corrected chi connectivity index (χ0v) is 9.58. The molecule has 2 rings (SSSR count). The van der Waals surface area contributed by atoms with E-state index in [-0.39, 0.29) is 6.61 Å². The van der Waals surface area contributed by atoms with Crippen LogP contribution in [0.25, 0.3) is 0 Å². The quantitative estimate of drug-likeness (QED) is 0.755. The minimum atomic E-state index is -0.480. The van der Waals surface area contributed by atoms with Gasteiger partial charge in [0.2, 0.25) is 11.7 Å². The van der Waals surface area contributed by atoms with Crippen molar-refractivity contribution in [2.75, 3.05) is 0 Å². The smallest absolute Gasteiger partial charge is 0.358 e. The van der Waals surface area contributed by atoms with Gasteiger partial charge in [-0.05, 0) is 6.92 Å². The molecule has 2 heterocycles. The Balaban J connectivity index is 1.93. The molecule has 0 aliphatic rings. The van der Waals surface area contributed by atoms with E-state index in [4.69, 9.17) is 9.26 Å². The number of esters is 1. The van der Waals surface area contributed by atoms with Crippen LogP contribution in [0.2, 0.25) is 0 Å². The lowest BCUT2D eigenvalue weighted by atomic mass is 10.5. The van der Waals surface area contributed by atoms with Crippen LogP contribution >= 0.6 is 11.3 Å². The Morgan fingerprint density at radius 1 is 1.50 bits per heavy atom. The molecular formula is C9H9N3O3S. The highest BCUT2D eigenvalue weighted by Gasteiger charge is 2.12. The van der Waals surface area contributed by atoms with Crippen molar-refractivity contribution in [3.8, 4) is 0 Å². The van der Waals surface area contributed by atoms with Crippen LogP contribution in [0.1, 0.15) is 27.2 Å². The van der Waals surface area contributed by atoms with Gasteiger partial charge in [-0.1, -0.05) is 5.16 Å². The molecule has 0 saturated carbocycles. The van der Waals surface area contributed by atoms with E-state index in [1.165, 1.54) is 11.3 Å². The van der Waals surface area contributed by atoms with E-state index in [2.05, 4.69) is 15.1 Å². The average Bonchev–Trinajstić information content (AvgIpc) is 2.84. The predicted octanol–water partition coefficient (Wildman–Crippen LogP) is 1.50. The van der Waals surface area contributed by atoms with E-state index >= 15 is 0 Å². The van der Waals surface area contributed by atoms with Crippen molar-refractivity contribution in [1.82, 2.24) is 15.1 Å². The molecule has 0 amide bonds. The standard InChI is InChI=1S/C9H9N3O3S/c1-5-10-8(12-15-5)3-14-9(13)7-4-16-6(2)11-7/h4H,3H2,1-2H3. The normalized spacial score (nSPS) is 10.4. The molecule has 0 atom stereocenters. The van der Waals surface area contributed by atoms with E-state index in [9.17, 15) is 4.79 Å². The highest BCUT2D eigenvalue weighted by Crippen LogP contribution is 2.09. The molecule has 0 aliphatic heterocycles. The molecule has 0 radical (unpaired) electrons. The second-order valence-corrected chi connectivity index (χ2v) is 4.12. The summed E-state index contributed by atoms with van der Waals surface area (Å²) in [5, 5.41) is 6.08. The molecule has 0 spiro atoms. The molecule has 0 saturated heterocycles. The van der Waals surface area contributed by atoms with Gasteiger partial charge in [0.05, 0.1) is 5.01 Å². The summed E-state index contributed by atoms with van der Waals surface area (Å²) in [7, 11) is 0. The Kier molecular flexibility index (Phi) is 2.95. The summed E-state index contributed by atoms with van der Waals surface area (Å²) in [6.07, 6.45) is 0. The molecule has 84 valence electrons. The predicted molar refractivity (Wildman–Crippen MR) is 55.0 cm³/mol. The first-order valence-electron chi connectivity index (χ1n) is 4.53. The Morgan fingerprint density at radius 3 is 2.88 bits per heavy atom. The fraction of sp³-hybridized carbons (Fsp3) is 0.333. The first-order chi connectivity index (χ1) is 7.65. The topological polar surface area (TPSA) is 78.1 Å². The van der Waals surface area contributed by atoms with Gasteiger partial charge in [0, 0.05) is 12.3 Å². The summed E-state index contributed by atoms with van der Waals surface area (Å²) in [6, 6.07) is 0. The molecule has 2 aromatic heterocycles. The van der Waals surface area contributed by atoms with Crippen molar-refractivity contribution < 1.29 is 14.1 Å². The Labute approximate surface area is 95.3 Å². The monoisotopic (exact) mass is 239 g/mol. The third-order valence-corrected chi connectivity index (χ3v) is 2.50. The van der Waals surface area contributed by atoms with Gasteiger partial charge in [-0.2, -0.15) is 4.98 Å². The maximum Gasteiger partial charge on any atom is 0.358 e. The molecular weight excluding hydrogens is 230 g/mol. The summed E-state index contributed by atoms with van der Waals surface area (Å²) in [6.45, 7) is 3.48. The number of hydrogen-bond acceptors (Lipinski definition) is 7. The number of rotatable bonds is 3. The molecule has 0 aromatic carbocycles. The van der Waals surface area contributed by atoms with Crippen molar-refractivity contribution in [2.24, 2.45) is 0 Å². The molecule has 0 unspecified atom stereocenters. The van der Waals surface area contributed by atoms with E-state index in [0.717, 1.165) is 5.01 Å². The van der Waals surface area contributed by atoms with Crippen LogP contribution in [0.4, 0.5) is 0 Å². The van der Waals surface area contributed by atoms with Crippen LogP contribution < -0.4 is 0 Å². The van der Waals surface area contributed by atoms with Crippen LogP contribution in [0.3, 0.4) is 0 Å². The van der Waals surface area contributed by atoms with Gasteiger partial charge in [-0.3, -0.25) is 0 Å². The van der Waals surface area contributed by atoms with E-state index in [0.29, 0.717) is 17.4 Å². The zero-order chi connectivity index (χ0) is 11.5. The van der Waals surface area contributed by atoms with Gasteiger partial charge < -0.3 is 9.26 Å². The molecule has 7 heteroatoms.